The zero-order valence-corrected chi connectivity index (χ0v) is 17.9. The number of piperidine rings is 1. The number of rotatable bonds is 5. The lowest BCUT2D eigenvalue weighted by atomic mass is 9.97. The smallest absolute Gasteiger partial charge is 0.238 e. The van der Waals surface area contributed by atoms with E-state index in [2.05, 4.69) is 16.7 Å². The molecule has 4 unspecified atom stereocenters. The average molecular weight is 432 g/mol. The van der Waals surface area contributed by atoms with Gasteiger partial charge in [-0.05, 0) is 59.6 Å². The van der Waals surface area contributed by atoms with Crippen molar-refractivity contribution < 1.29 is 14.0 Å². The molecule has 2 amide bonds. The molecule has 3 aliphatic rings. The van der Waals surface area contributed by atoms with Crippen molar-refractivity contribution in [2.45, 2.75) is 50.2 Å². The molecule has 5 rings (SSSR count). The summed E-state index contributed by atoms with van der Waals surface area (Å²) in [6, 6.07) is 12.1. The van der Waals surface area contributed by atoms with Gasteiger partial charge in [0, 0.05) is 25.2 Å². The number of anilines is 1. The topological polar surface area (TPSA) is 85.2 Å². The fraction of sp³-hybridized carbons (Fsp3) is 0.400. The molecule has 0 spiro atoms. The summed E-state index contributed by atoms with van der Waals surface area (Å²) in [7, 11) is 1.74. The predicted octanol–water partition coefficient (Wildman–Crippen LogP) is 2.70. The molecule has 32 heavy (non-hydrogen) atoms. The second-order valence-corrected chi connectivity index (χ2v) is 9.09. The zero-order chi connectivity index (χ0) is 22.4. The highest BCUT2D eigenvalue weighted by Gasteiger charge is 2.43. The van der Waals surface area contributed by atoms with Crippen LogP contribution < -0.4 is 15.5 Å². The van der Waals surface area contributed by atoms with E-state index in [4.69, 9.17) is 0 Å². The fourth-order valence-corrected chi connectivity index (χ4v) is 5.27. The lowest BCUT2D eigenvalue weighted by molar-refractivity contribution is -0.124. The number of likely N-dealkylation sites (N-methyl/N-ethyl adjacent to an activating group) is 1. The molecule has 0 radical (unpaired) electrons. The molecule has 0 aromatic heterocycles. The minimum absolute atomic E-state index is 0.0453. The van der Waals surface area contributed by atoms with Crippen LogP contribution in [-0.2, 0) is 22.4 Å². The maximum atomic E-state index is 14.9. The van der Waals surface area contributed by atoms with Crippen LogP contribution in [0, 0.1) is 23.1 Å². The zero-order valence-electron chi connectivity index (χ0n) is 17.9. The van der Waals surface area contributed by atoms with Crippen molar-refractivity contribution in [3.8, 4) is 17.2 Å². The van der Waals surface area contributed by atoms with Gasteiger partial charge in [0.05, 0.1) is 18.5 Å². The number of carbonyl (C=O) groups is 2. The molecule has 1 saturated heterocycles. The van der Waals surface area contributed by atoms with Gasteiger partial charge < -0.3 is 15.5 Å². The molecule has 164 valence electrons. The van der Waals surface area contributed by atoms with Crippen LogP contribution >= 0.6 is 0 Å². The Kier molecular flexibility index (Phi) is 5.18. The number of nitrogens with zero attached hydrogens (tertiary/aromatic N) is 2. The van der Waals surface area contributed by atoms with Crippen molar-refractivity contribution in [1.29, 1.82) is 5.26 Å². The number of amides is 2. The number of hydrogen-bond donors (Lipinski definition) is 2. The summed E-state index contributed by atoms with van der Waals surface area (Å²) in [5, 5.41) is 15.6. The van der Waals surface area contributed by atoms with E-state index in [1.165, 1.54) is 6.07 Å². The van der Waals surface area contributed by atoms with Gasteiger partial charge in [-0.2, -0.15) is 5.26 Å². The van der Waals surface area contributed by atoms with Gasteiger partial charge in [0.25, 0.3) is 0 Å². The molecule has 7 heteroatoms. The number of halogens is 1. The highest BCUT2D eigenvalue weighted by molar-refractivity contribution is 6.01. The van der Waals surface area contributed by atoms with E-state index in [0.29, 0.717) is 29.5 Å². The third-order valence-corrected chi connectivity index (χ3v) is 7.09. The van der Waals surface area contributed by atoms with E-state index in [1.54, 1.807) is 18.0 Å². The summed E-state index contributed by atoms with van der Waals surface area (Å²) in [5.41, 5.74) is 3.72. The van der Waals surface area contributed by atoms with Crippen LogP contribution in [0.5, 0.6) is 0 Å². The lowest BCUT2D eigenvalue weighted by Gasteiger charge is -2.23. The molecule has 1 aliphatic carbocycles. The van der Waals surface area contributed by atoms with Crippen molar-refractivity contribution in [3.63, 3.8) is 0 Å². The van der Waals surface area contributed by atoms with Gasteiger partial charge in [-0.3, -0.25) is 9.59 Å². The second-order valence-electron chi connectivity index (χ2n) is 9.09. The van der Waals surface area contributed by atoms with Crippen LogP contribution in [0.2, 0.25) is 0 Å². The number of nitrogens with one attached hydrogen (secondary N) is 2. The van der Waals surface area contributed by atoms with Gasteiger partial charge in [0.1, 0.15) is 11.9 Å². The first kappa shape index (κ1) is 20.7. The Bertz CT molecular complexity index is 1140. The maximum Gasteiger partial charge on any atom is 0.238 e. The molecule has 2 aromatic rings. The van der Waals surface area contributed by atoms with Gasteiger partial charge in [0.2, 0.25) is 11.8 Å². The Morgan fingerprint density at radius 3 is 2.75 bits per heavy atom. The Labute approximate surface area is 186 Å². The van der Waals surface area contributed by atoms with E-state index in [0.717, 1.165) is 36.1 Å². The molecule has 2 bridgehead atoms. The standard InChI is InChI=1S/C25H25FN4O2/c1-30-22-11-15(3-5-17(22)12-23(30)31)14-2-4-16(21(26)10-14)8-20(13-27)29-25(32)24-18-6-7-19(9-18)28-24/h2-5,10-11,18-20,24,28H,6-9,12H2,1H3,(H,29,32). The average Bonchev–Trinajstić information content (AvgIpc) is 3.50. The number of hydrogen-bond acceptors (Lipinski definition) is 4. The van der Waals surface area contributed by atoms with E-state index < -0.39 is 11.9 Å². The Morgan fingerprint density at radius 2 is 2.06 bits per heavy atom. The predicted molar refractivity (Wildman–Crippen MR) is 118 cm³/mol. The molecule has 2 fully saturated rings. The molecule has 1 saturated carbocycles. The minimum atomic E-state index is -0.788. The normalized spacial score (nSPS) is 24.3. The Balaban J connectivity index is 1.29. The van der Waals surface area contributed by atoms with E-state index >= 15 is 0 Å². The first-order valence-corrected chi connectivity index (χ1v) is 11.1. The highest BCUT2D eigenvalue weighted by atomic mass is 19.1. The van der Waals surface area contributed by atoms with E-state index in [-0.39, 0.29) is 24.3 Å². The third kappa shape index (κ3) is 3.65. The number of benzene rings is 2. The van der Waals surface area contributed by atoms with Gasteiger partial charge in [-0.15, -0.1) is 0 Å². The Hall–Kier alpha value is -3.24. The third-order valence-electron chi connectivity index (χ3n) is 7.09. The van der Waals surface area contributed by atoms with Crippen molar-refractivity contribution in [1.82, 2.24) is 10.6 Å². The van der Waals surface area contributed by atoms with Crippen molar-refractivity contribution >= 4 is 17.5 Å². The maximum absolute atomic E-state index is 14.9. The van der Waals surface area contributed by atoms with Gasteiger partial charge in [-0.25, -0.2) is 4.39 Å². The lowest BCUT2D eigenvalue weighted by Crippen LogP contribution is -2.50. The SMILES string of the molecule is CN1C(=O)Cc2ccc(-c3ccc(CC(C#N)NC(=O)C4NC5CCC4C5)c(F)c3)cc21. The summed E-state index contributed by atoms with van der Waals surface area (Å²) >= 11 is 0. The first-order valence-electron chi connectivity index (χ1n) is 11.1. The van der Waals surface area contributed by atoms with Crippen molar-refractivity contribution in [2.24, 2.45) is 5.92 Å². The summed E-state index contributed by atoms with van der Waals surface area (Å²) in [4.78, 5) is 26.1. The summed E-state index contributed by atoms with van der Waals surface area (Å²) in [6.45, 7) is 0. The van der Waals surface area contributed by atoms with Crippen LogP contribution in [0.4, 0.5) is 10.1 Å². The summed E-state index contributed by atoms with van der Waals surface area (Å²) < 4.78 is 14.9. The van der Waals surface area contributed by atoms with Crippen LogP contribution in [0.15, 0.2) is 36.4 Å². The van der Waals surface area contributed by atoms with Crippen LogP contribution in [0.25, 0.3) is 11.1 Å². The number of carbonyl (C=O) groups excluding carboxylic acids is 2. The minimum Gasteiger partial charge on any atom is -0.339 e. The summed E-state index contributed by atoms with van der Waals surface area (Å²) in [5.74, 6) is -0.210. The van der Waals surface area contributed by atoms with Crippen LogP contribution in [0.1, 0.15) is 30.4 Å². The molecule has 2 aromatic carbocycles. The number of fused-ring (bicyclic) bond motifs is 3. The molecule has 4 atom stereocenters. The number of nitriles is 1. The first-order chi connectivity index (χ1) is 15.4. The molecule has 6 nitrogen and oxygen atoms in total. The van der Waals surface area contributed by atoms with Gasteiger partial charge in [0.15, 0.2) is 0 Å². The quantitative estimate of drug-likeness (QED) is 0.761. The van der Waals surface area contributed by atoms with Crippen molar-refractivity contribution in [3.05, 3.63) is 53.3 Å². The summed E-state index contributed by atoms with van der Waals surface area (Å²) in [6.07, 6.45) is 3.65. The fourth-order valence-electron chi connectivity index (χ4n) is 5.27. The van der Waals surface area contributed by atoms with Crippen molar-refractivity contribution in [2.75, 3.05) is 11.9 Å². The highest BCUT2D eigenvalue weighted by Crippen LogP contribution is 2.35. The molecule has 2 aliphatic heterocycles. The van der Waals surface area contributed by atoms with Gasteiger partial charge >= 0.3 is 0 Å². The van der Waals surface area contributed by atoms with E-state index in [1.807, 2.05) is 24.3 Å². The largest absolute Gasteiger partial charge is 0.339 e. The second kappa shape index (κ2) is 8.03. The molecule has 2 N–H and O–H groups in total. The molecule has 2 heterocycles. The van der Waals surface area contributed by atoms with E-state index in [9.17, 15) is 19.2 Å². The van der Waals surface area contributed by atoms with Crippen LogP contribution in [0.3, 0.4) is 0 Å². The monoisotopic (exact) mass is 432 g/mol. The molecular weight excluding hydrogens is 407 g/mol. The van der Waals surface area contributed by atoms with Crippen LogP contribution in [-0.4, -0.2) is 37.0 Å². The Morgan fingerprint density at radius 1 is 1.28 bits per heavy atom. The van der Waals surface area contributed by atoms with Gasteiger partial charge in [-0.1, -0.05) is 24.3 Å². The molecular formula is C25H25FN4O2.